The van der Waals surface area contributed by atoms with E-state index in [-0.39, 0.29) is 42.0 Å². The Bertz CT molecular complexity index is 1670. The van der Waals surface area contributed by atoms with E-state index in [9.17, 15) is 24.3 Å². The van der Waals surface area contributed by atoms with Crippen LogP contribution >= 0.6 is 0 Å². The molecule has 0 bridgehead atoms. The normalized spacial score (nSPS) is 19.8. The number of hydrogen-bond acceptors (Lipinski definition) is 9. The van der Waals surface area contributed by atoms with Gasteiger partial charge in [-0.1, -0.05) is 24.3 Å². The van der Waals surface area contributed by atoms with Gasteiger partial charge in [-0.25, -0.2) is 14.4 Å². The van der Waals surface area contributed by atoms with Gasteiger partial charge in [0.2, 0.25) is 0 Å². The second-order valence-corrected chi connectivity index (χ2v) is 15.8. The molecule has 2 aromatic rings. The number of piperazine rings is 1. The number of likely N-dealkylation sites (tertiary alicyclic amines) is 2. The molecular formula is C40H56N6O8. The van der Waals surface area contributed by atoms with Crippen LogP contribution < -0.4 is 10.1 Å². The number of anilines is 1. The van der Waals surface area contributed by atoms with Crippen molar-refractivity contribution in [3.63, 3.8) is 0 Å². The molecule has 0 spiro atoms. The number of para-hydroxylation sites is 1. The number of carbonyl (C=O) groups is 4. The van der Waals surface area contributed by atoms with Crippen molar-refractivity contribution >= 4 is 29.8 Å². The molecule has 3 saturated heterocycles. The maximum absolute atomic E-state index is 14.2. The molecule has 4 heterocycles. The molecule has 0 radical (unpaired) electrons. The van der Waals surface area contributed by atoms with Crippen LogP contribution in [0.15, 0.2) is 36.4 Å². The highest BCUT2D eigenvalue weighted by Crippen LogP contribution is 2.32. The van der Waals surface area contributed by atoms with E-state index in [2.05, 4.69) is 10.2 Å². The third kappa shape index (κ3) is 9.31. The van der Waals surface area contributed by atoms with Gasteiger partial charge in [0.1, 0.15) is 5.60 Å². The first-order valence-corrected chi connectivity index (χ1v) is 19.3. The van der Waals surface area contributed by atoms with Crippen molar-refractivity contribution in [3.05, 3.63) is 53.1 Å². The number of ether oxygens (including phenoxy) is 3. The summed E-state index contributed by atoms with van der Waals surface area (Å²) in [5.41, 5.74) is 2.71. The van der Waals surface area contributed by atoms with Crippen molar-refractivity contribution in [2.75, 3.05) is 71.3 Å². The molecular weight excluding hydrogens is 692 g/mol. The average molecular weight is 749 g/mol. The van der Waals surface area contributed by atoms with Gasteiger partial charge in [-0.2, -0.15) is 0 Å². The largest absolute Gasteiger partial charge is 0.504 e. The Labute approximate surface area is 318 Å². The standard InChI is InChI=1S/C40H56N6O8/c1-27-24-28(25-33(52-5)35(27)47)26-34(36(48)43-22-20-42(21-23-43)30-11-15-45(16-12-30)39(51)54-40(2,3)4)53-38(50)44-17-13-31(14-18-44)46-19-10-29-8-6-7-9-32(29)41-37(46)49/h6-9,24-25,30-31,34,47H,10-23,26H2,1-5H3,(H,41,49). The number of rotatable bonds is 7. The minimum absolute atomic E-state index is 0.0194. The van der Waals surface area contributed by atoms with Crippen LogP contribution in [0.2, 0.25) is 0 Å². The number of phenolic OH excluding ortho intramolecular Hbond substituents is 1. The fourth-order valence-corrected chi connectivity index (χ4v) is 8.03. The van der Waals surface area contributed by atoms with Crippen molar-refractivity contribution in [2.24, 2.45) is 0 Å². The number of fused-ring (bicyclic) bond motifs is 1. The quantitative estimate of drug-likeness (QED) is 0.406. The van der Waals surface area contributed by atoms with Crippen LogP contribution in [0.1, 0.15) is 63.1 Å². The van der Waals surface area contributed by atoms with Crippen LogP contribution in [0.4, 0.5) is 20.1 Å². The van der Waals surface area contributed by atoms with Gasteiger partial charge in [0.25, 0.3) is 5.91 Å². The topological polar surface area (TPSA) is 144 Å². The van der Waals surface area contributed by atoms with E-state index in [4.69, 9.17) is 14.2 Å². The van der Waals surface area contributed by atoms with Crippen LogP contribution in [0.5, 0.6) is 11.5 Å². The number of amides is 5. The molecule has 0 aromatic heterocycles. The van der Waals surface area contributed by atoms with Gasteiger partial charge in [0.05, 0.1) is 7.11 Å². The first-order valence-electron chi connectivity index (χ1n) is 19.3. The first kappa shape index (κ1) is 39.0. The van der Waals surface area contributed by atoms with E-state index < -0.39 is 17.8 Å². The Balaban J connectivity index is 1.06. The number of phenols is 1. The van der Waals surface area contributed by atoms with Gasteiger partial charge in [-0.15, -0.1) is 0 Å². The number of urea groups is 1. The molecule has 6 rings (SSSR count). The lowest BCUT2D eigenvalue weighted by Crippen LogP contribution is -2.57. The third-order valence-electron chi connectivity index (χ3n) is 11.0. The Morgan fingerprint density at radius 1 is 0.852 bits per heavy atom. The molecule has 5 amide bonds. The monoisotopic (exact) mass is 748 g/mol. The summed E-state index contributed by atoms with van der Waals surface area (Å²) in [4.78, 5) is 63.0. The number of nitrogens with zero attached hydrogens (tertiary/aromatic N) is 5. The second kappa shape index (κ2) is 16.7. The summed E-state index contributed by atoms with van der Waals surface area (Å²) in [5.74, 6) is 0.0544. The van der Waals surface area contributed by atoms with Gasteiger partial charge >= 0.3 is 18.2 Å². The van der Waals surface area contributed by atoms with E-state index in [1.54, 1.807) is 33.8 Å². The number of carbonyl (C=O) groups excluding carboxylic acids is 4. The van der Waals surface area contributed by atoms with E-state index in [1.165, 1.54) is 7.11 Å². The molecule has 0 aliphatic carbocycles. The fraction of sp³-hybridized carbons (Fsp3) is 0.600. The van der Waals surface area contributed by atoms with E-state index in [0.717, 1.165) is 30.5 Å². The van der Waals surface area contributed by atoms with Gasteiger partial charge in [0.15, 0.2) is 17.6 Å². The minimum Gasteiger partial charge on any atom is -0.504 e. The van der Waals surface area contributed by atoms with Crippen molar-refractivity contribution in [1.82, 2.24) is 24.5 Å². The Kier molecular flexibility index (Phi) is 12.1. The third-order valence-corrected chi connectivity index (χ3v) is 11.0. The van der Waals surface area contributed by atoms with Crippen LogP contribution in [0, 0.1) is 6.92 Å². The van der Waals surface area contributed by atoms with Crippen molar-refractivity contribution < 1.29 is 38.5 Å². The lowest BCUT2D eigenvalue weighted by molar-refractivity contribution is -0.143. The smallest absolute Gasteiger partial charge is 0.410 e. The first-order chi connectivity index (χ1) is 25.8. The highest BCUT2D eigenvalue weighted by atomic mass is 16.6. The maximum Gasteiger partial charge on any atom is 0.410 e. The molecule has 2 N–H and O–H groups in total. The second-order valence-electron chi connectivity index (χ2n) is 15.8. The number of hydrogen-bond donors (Lipinski definition) is 2. The summed E-state index contributed by atoms with van der Waals surface area (Å²) in [6, 6.07) is 11.5. The number of aromatic hydroxyl groups is 1. The predicted molar refractivity (Wildman–Crippen MR) is 203 cm³/mol. The van der Waals surface area contributed by atoms with E-state index in [1.807, 2.05) is 49.9 Å². The molecule has 1 unspecified atom stereocenters. The van der Waals surface area contributed by atoms with Crippen LogP contribution in [0.25, 0.3) is 0 Å². The molecule has 54 heavy (non-hydrogen) atoms. The van der Waals surface area contributed by atoms with Crippen molar-refractivity contribution in [1.29, 1.82) is 0 Å². The summed E-state index contributed by atoms with van der Waals surface area (Å²) in [6.07, 6.45) is 1.83. The molecule has 294 valence electrons. The van der Waals surface area contributed by atoms with Gasteiger partial charge in [0, 0.05) is 83.1 Å². The molecule has 1 atom stereocenters. The molecule has 4 aliphatic heterocycles. The summed E-state index contributed by atoms with van der Waals surface area (Å²) in [5, 5.41) is 13.5. The Morgan fingerprint density at radius 2 is 1.48 bits per heavy atom. The lowest BCUT2D eigenvalue weighted by Gasteiger charge is -2.43. The summed E-state index contributed by atoms with van der Waals surface area (Å²) < 4.78 is 17.0. The Hall–Kier alpha value is -4.72. The Morgan fingerprint density at radius 3 is 2.13 bits per heavy atom. The summed E-state index contributed by atoms with van der Waals surface area (Å²) in [6.45, 7) is 12.4. The van der Waals surface area contributed by atoms with Crippen LogP contribution in [-0.2, 0) is 27.1 Å². The van der Waals surface area contributed by atoms with Gasteiger partial charge in [-0.3, -0.25) is 9.69 Å². The summed E-state index contributed by atoms with van der Waals surface area (Å²) in [7, 11) is 1.47. The average Bonchev–Trinajstić information content (AvgIpc) is 3.33. The molecule has 14 nitrogen and oxygen atoms in total. The number of nitrogens with one attached hydrogen (secondary N) is 1. The molecule has 4 aliphatic rings. The SMILES string of the molecule is COc1cc(CC(OC(=O)N2CCC(N3CCc4ccccc4NC3=O)CC2)C(=O)N2CCN(C3CCN(C(=O)OC(C)(C)C)CC3)CC2)cc(C)c1O. The number of aryl methyl sites for hydroxylation is 1. The fourth-order valence-electron chi connectivity index (χ4n) is 8.03. The molecule has 0 saturated carbocycles. The predicted octanol–water partition coefficient (Wildman–Crippen LogP) is 4.86. The molecule has 3 fully saturated rings. The highest BCUT2D eigenvalue weighted by Gasteiger charge is 2.37. The molecule has 14 heteroatoms. The van der Waals surface area contributed by atoms with Gasteiger partial charge < -0.3 is 44.2 Å². The number of methoxy groups -OCH3 is 1. The number of piperidine rings is 2. The maximum atomic E-state index is 14.2. The zero-order valence-corrected chi connectivity index (χ0v) is 32.3. The zero-order valence-electron chi connectivity index (χ0n) is 32.3. The van der Waals surface area contributed by atoms with E-state index >= 15 is 0 Å². The van der Waals surface area contributed by atoms with Crippen LogP contribution in [-0.4, -0.2) is 144 Å². The molecule has 2 aromatic carbocycles. The van der Waals surface area contributed by atoms with Crippen molar-refractivity contribution in [2.45, 2.75) is 90.0 Å². The van der Waals surface area contributed by atoms with E-state index in [0.29, 0.717) is 88.9 Å². The van der Waals surface area contributed by atoms with Crippen LogP contribution in [0.3, 0.4) is 0 Å². The zero-order chi connectivity index (χ0) is 38.6. The lowest BCUT2D eigenvalue weighted by atomic mass is 10.0. The van der Waals surface area contributed by atoms with Gasteiger partial charge in [-0.05, 0) is 88.6 Å². The highest BCUT2D eigenvalue weighted by molar-refractivity contribution is 5.91. The minimum atomic E-state index is -1.08. The summed E-state index contributed by atoms with van der Waals surface area (Å²) >= 11 is 0. The van der Waals surface area contributed by atoms with Crippen molar-refractivity contribution in [3.8, 4) is 11.5 Å². The number of benzene rings is 2.